The fourth-order valence-electron chi connectivity index (χ4n) is 1.04. The summed E-state index contributed by atoms with van der Waals surface area (Å²) >= 11 is 0. The van der Waals surface area contributed by atoms with Crippen molar-refractivity contribution in [2.24, 2.45) is 5.18 Å². The van der Waals surface area contributed by atoms with E-state index in [9.17, 15) is 9.70 Å². The fraction of sp³-hybridized carbons (Fsp3) is 0.182. The zero-order chi connectivity index (χ0) is 11.1. The number of ether oxygens (including phenoxy) is 1. The summed E-state index contributed by atoms with van der Waals surface area (Å²) < 4.78 is 4.71. The molecule has 1 rings (SSSR count). The highest BCUT2D eigenvalue weighted by molar-refractivity contribution is 5.87. The van der Waals surface area contributed by atoms with E-state index in [1.807, 2.05) is 0 Å². The first kappa shape index (κ1) is 11.1. The molecule has 0 aliphatic heterocycles. The van der Waals surface area contributed by atoms with Crippen molar-refractivity contribution < 1.29 is 9.53 Å². The number of nitroso groups, excluding NO2 is 1. The monoisotopic (exact) mass is 205 g/mol. The number of carbonyl (C=O) groups is 1. The first-order valence-electron chi connectivity index (χ1n) is 4.54. The molecule has 0 fully saturated rings. The largest absolute Gasteiger partial charge is 0.463 e. The van der Waals surface area contributed by atoms with Gasteiger partial charge in [-0.3, -0.25) is 0 Å². The Labute approximate surface area is 87.5 Å². The van der Waals surface area contributed by atoms with Crippen molar-refractivity contribution in [2.75, 3.05) is 6.61 Å². The molecule has 1 aromatic rings. The number of nitrogens with zero attached hydrogens (tertiary/aromatic N) is 1. The summed E-state index contributed by atoms with van der Waals surface area (Å²) in [6.45, 7) is 2.09. The predicted molar refractivity (Wildman–Crippen MR) is 57.6 cm³/mol. The standard InChI is InChI=1S/C11H11NO3/c1-2-15-11(13)7-6-9-4-3-5-10(8-9)12-14/h3-8H,2H2,1H3. The van der Waals surface area contributed by atoms with Gasteiger partial charge in [0.05, 0.1) is 6.61 Å². The zero-order valence-corrected chi connectivity index (χ0v) is 8.34. The molecule has 0 unspecified atom stereocenters. The molecule has 0 radical (unpaired) electrons. The molecule has 0 bridgehead atoms. The third-order valence-electron chi connectivity index (χ3n) is 1.67. The summed E-state index contributed by atoms with van der Waals surface area (Å²) in [5.41, 5.74) is 1.07. The molecule has 0 aromatic heterocycles. The first-order chi connectivity index (χ1) is 7.26. The van der Waals surface area contributed by atoms with Crippen molar-refractivity contribution in [3.63, 3.8) is 0 Å². The van der Waals surface area contributed by atoms with Crippen LogP contribution in [0.15, 0.2) is 35.5 Å². The van der Waals surface area contributed by atoms with Gasteiger partial charge in [0.1, 0.15) is 5.69 Å². The van der Waals surface area contributed by atoms with E-state index in [0.717, 1.165) is 5.56 Å². The highest BCUT2D eigenvalue weighted by Crippen LogP contribution is 2.14. The quantitative estimate of drug-likeness (QED) is 0.431. The normalized spacial score (nSPS) is 10.2. The second-order valence-electron chi connectivity index (χ2n) is 2.77. The maximum atomic E-state index is 11.0. The highest BCUT2D eigenvalue weighted by atomic mass is 16.5. The van der Waals surface area contributed by atoms with Crippen molar-refractivity contribution in [1.29, 1.82) is 0 Å². The molecule has 0 spiro atoms. The Bertz CT molecular complexity index is 385. The van der Waals surface area contributed by atoms with Gasteiger partial charge < -0.3 is 4.74 Å². The number of esters is 1. The summed E-state index contributed by atoms with van der Waals surface area (Å²) in [6, 6.07) is 6.64. The highest BCUT2D eigenvalue weighted by Gasteiger charge is 1.95. The number of rotatable bonds is 4. The molecule has 0 heterocycles. The minimum absolute atomic E-state index is 0.334. The number of hydrogen-bond acceptors (Lipinski definition) is 4. The topological polar surface area (TPSA) is 55.7 Å². The van der Waals surface area contributed by atoms with Gasteiger partial charge in [0.15, 0.2) is 0 Å². The Balaban J connectivity index is 2.71. The molecular formula is C11H11NO3. The summed E-state index contributed by atoms with van der Waals surface area (Å²) in [7, 11) is 0. The Kier molecular flexibility index (Phi) is 4.22. The van der Waals surface area contributed by atoms with Crippen molar-refractivity contribution in [3.8, 4) is 0 Å². The molecular weight excluding hydrogens is 194 g/mol. The first-order valence-corrected chi connectivity index (χ1v) is 4.54. The van der Waals surface area contributed by atoms with Gasteiger partial charge in [0, 0.05) is 6.08 Å². The van der Waals surface area contributed by atoms with Crippen molar-refractivity contribution in [2.45, 2.75) is 6.92 Å². The van der Waals surface area contributed by atoms with Crippen LogP contribution in [0.5, 0.6) is 0 Å². The SMILES string of the molecule is CCOC(=O)C=Cc1cccc(N=O)c1. The average molecular weight is 205 g/mol. The maximum absolute atomic E-state index is 11.0. The van der Waals surface area contributed by atoms with Crippen molar-refractivity contribution >= 4 is 17.7 Å². The minimum atomic E-state index is -0.401. The van der Waals surface area contributed by atoms with Gasteiger partial charge in [-0.2, -0.15) is 0 Å². The molecule has 0 saturated carbocycles. The molecule has 0 saturated heterocycles. The van der Waals surface area contributed by atoms with Crippen LogP contribution in [0.25, 0.3) is 6.08 Å². The fourth-order valence-corrected chi connectivity index (χ4v) is 1.04. The van der Waals surface area contributed by atoms with Crippen LogP contribution in [0.2, 0.25) is 0 Å². The zero-order valence-electron chi connectivity index (χ0n) is 8.34. The van der Waals surface area contributed by atoms with E-state index >= 15 is 0 Å². The van der Waals surface area contributed by atoms with Crippen molar-refractivity contribution in [3.05, 3.63) is 40.8 Å². The lowest BCUT2D eigenvalue weighted by Gasteiger charge is -1.95. The minimum Gasteiger partial charge on any atom is -0.463 e. The van der Waals surface area contributed by atoms with Crippen LogP contribution >= 0.6 is 0 Å². The van der Waals surface area contributed by atoms with E-state index in [1.54, 1.807) is 37.3 Å². The van der Waals surface area contributed by atoms with Gasteiger partial charge in [0.2, 0.25) is 0 Å². The Morgan fingerprint density at radius 2 is 2.33 bits per heavy atom. The van der Waals surface area contributed by atoms with Gasteiger partial charge in [-0.05, 0) is 35.9 Å². The van der Waals surface area contributed by atoms with Crippen molar-refractivity contribution in [1.82, 2.24) is 0 Å². The summed E-state index contributed by atoms with van der Waals surface area (Å²) in [4.78, 5) is 21.2. The van der Waals surface area contributed by atoms with Crippen LogP contribution < -0.4 is 0 Å². The second-order valence-corrected chi connectivity index (χ2v) is 2.77. The molecule has 0 aliphatic carbocycles. The molecule has 78 valence electrons. The van der Waals surface area contributed by atoms with Gasteiger partial charge in [-0.15, -0.1) is 4.91 Å². The second kappa shape index (κ2) is 5.70. The Morgan fingerprint density at radius 1 is 1.53 bits per heavy atom. The Hall–Kier alpha value is -1.97. The lowest BCUT2D eigenvalue weighted by Crippen LogP contribution is -1.98. The van der Waals surface area contributed by atoms with E-state index in [4.69, 9.17) is 4.74 Å². The third kappa shape index (κ3) is 3.72. The molecule has 0 amide bonds. The van der Waals surface area contributed by atoms with Crippen LogP contribution in [-0.4, -0.2) is 12.6 Å². The summed E-state index contributed by atoms with van der Waals surface area (Å²) in [5, 5.41) is 2.79. The number of carbonyl (C=O) groups excluding carboxylic acids is 1. The van der Waals surface area contributed by atoms with Gasteiger partial charge in [-0.25, -0.2) is 4.79 Å². The average Bonchev–Trinajstić information content (AvgIpc) is 2.27. The third-order valence-corrected chi connectivity index (χ3v) is 1.67. The molecule has 4 heteroatoms. The van der Waals surface area contributed by atoms with Crippen LogP contribution in [0.1, 0.15) is 12.5 Å². The lowest BCUT2D eigenvalue weighted by molar-refractivity contribution is -0.137. The lowest BCUT2D eigenvalue weighted by atomic mass is 10.2. The molecule has 0 atom stereocenters. The van der Waals surface area contributed by atoms with Gasteiger partial charge in [-0.1, -0.05) is 12.1 Å². The maximum Gasteiger partial charge on any atom is 0.330 e. The van der Waals surface area contributed by atoms with E-state index in [0.29, 0.717) is 12.3 Å². The van der Waals surface area contributed by atoms with E-state index < -0.39 is 5.97 Å². The van der Waals surface area contributed by atoms with Crippen LogP contribution in [0.3, 0.4) is 0 Å². The molecule has 15 heavy (non-hydrogen) atoms. The summed E-state index contributed by atoms with van der Waals surface area (Å²) in [5.74, 6) is -0.401. The Morgan fingerprint density at radius 3 is 3.00 bits per heavy atom. The predicted octanol–water partition coefficient (Wildman–Crippen LogP) is 2.66. The van der Waals surface area contributed by atoms with Crippen LogP contribution in [0, 0.1) is 4.91 Å². The van der Waals surface area contributed by atoms with E-state index in [-0.39, 0.29) is 0 Å². The van der Waals surface area contributed by atoms with E-state index in [2.05, 4.69) is 5.18 Å². The molecule has 0 N–H and O–H groups in total. The molecule has 1 aromatic carbocycles. The van der Waals surface area contributed by atoms with E-state index in [1.165, 1.54) is 6.08 Å². The smallest absolute Gasteiger partial charge is 0.330 e. The van der Waals surface area contributed by atoms with Crippen LogP contribution in [0.4, 0.5) is 5.69 Å². The van der Waals surface area contributed by atoms with Crippen LogP contribution in [-0.2, 0) is 9.53 Å². The number of benzene rings is 1. The van der Waals surface area contributed by atoms with Gasteiger partial charge >= 0.3 is 5.97 Å². The molecule has 4 nitrogen and oxygen atoms in total. The summed E-state index contributed by atoms with van der Waals surface area (Å²) in [6.07, 6.45) is 2.89. The number of hydrogen-bond donors (Lipinski definition) is 0. The van der Waals surface area contributed by atoms with Gasteiger partial charge in [0.25, 0.3) is 0 Å². The molecule has 0 aliphatic rings.